The van der Waals surface area contributed by atoms with Crippen molar-refractivity contribution in [2.45, 2.75) is 18.6 Å². The number of anilines is 1. The first-order valence-corrected chi connectivity index (χ1v) is 13.9. The summed E-state index contributed by atoms with van der Waals surface area (Å²) >= 11 is 18.9. The molecule has 1 atom stereocenters. The fourth-order valence-corrected chi connectivity index (χ4v) is 6.40. The smallest absolute Gasteiger partial charge is 0.291 e. The van der Waals surface area contributed by atoms with Crippen LogP contribution in [0, 0.1) is 0 Å². The van der Waals surface area contributed by atoms with Gasteiger partial charge in [0, 0.05) is 27.2 Å². The number of carbonyl (C=O) groups excluding carboxylic acids is 2. The molecule has 6 nitrogen and oxygen atoms in total. The molecule has 4 aromatic carbocycles. The molecule has 0 aliphatic carbocycles. The lowest BCUT2D eigenvalue weighted by molar-refractivity contribution is -0.126. The van der Waals surface area contributed by atoms with Gasteiger partial charge in [-0.05, 0) is 53.6 Å². The van der Waals surface area contributed by atoms with Crippen LogP contribution in [0.25, 0.3) is 11.0 Å². The van der Waals surface area contributed by atoms with Gasteiger partial charge in [0.1, 0.15) is 5.58 Å². The van der Waals surface area contributed by atoms with Crippen molar-refractivity contribution in [3.05, 3.63) is 144 Å². The Labute approximate surface area is 249 Å². The van der Waals surface area contributed by atoms with Crippen LogP contribution in [0.1, 0.15) is 32.8 Å². The molecule has 3 heterocycles. The first-order valence-electron chi connectivity index (χ1n) is 12.8. The largest absolute Gasteiger partial charge is 0.450 e. The van der Waals surface area contributed by atoms with Crippen molar-refractivity contribution in [2.24, 2.45) is 0 Å². The quantitative estimate of drug-likeness (QED) is 0.218. The van der Waals surface area contributed by atoms with E-state index in [0.717, 1.165) is 5.56 Å². The Kier molecular flexibility index (Phi) is 5.98. The third-order valence-corrected chi connectivity index (χ3v) is 8.59. The first-order chi connectivity index (χ1) is 19.8. The Morgan fingerprint density at radius 2 is 1.46 bits per heavy atom. The molecule has 2 aliphatic heterocycles. The highest BCUT2D eigenvalue weighted by atomic mass is 35.5. The van der Waals surface area contributed by atoms with Gasteiger partial charge >= 0.3 is 0 Å². The Bertz CT molecular complexity index is 1970. The Morgan fingerprint density at radius 1 is 0.756 bits per heavy atom. The lowest BCUT2D eigenvalue weighted by atomic mass is 9.83. The van der Waals surface area contributed by atoms with Crippen molar-refractivity contribution in [3.8, 4) is 0 Å². The Hall–Kier alpha value is -4.10. The maximum Gasteiger partial charge on any atom is 0.291 e. The van der Waals surface area contributed by atoms with E-state index < -0.39 is 22.8 Å². The number of para-hydroxylation sites is 1. The molecule has 1 aromatic heterocycles. The summed E-state index contributed by atoms with van der Waals surface area (Å²) < 4.78 is 6.10. The zero-order valence-electron chi connectivity index (χ0n) is 21.2. The Balaban J connectivity index is 1.52. The van der Waals surface area contributed by atoms with Crippen LogP contribution in [0.2, 0.25) is 15.1 Å². The second-order valence-corrected chi connectivity index (χ2v) is 11.3. The van der Waals surface area contributed by atoms with Crippen LogP contribution >= 0.6 is 34.8 Å². The molecule has 0 saturated carbocycles. The minimum atomic E-state index is -1.79. The lowest BCUT2D eigenvalue weighted by Crippen LogP contribution is -2.53. The van der Waals surface area contributed by atoms with Gasteiger partial charge in [0.05, 0.1) is 23.2 Å². The summed E-state index contributed by atoms with van der Waals surface area (Å²) in [6.07, 6.45) is 0. The van der Waals surface area contributed by atoms with E-state index in [1.165, 1.54) is 11.0 Å². The van der Waals surface area contributed by atoms with Crippen LogP contribution in [0.5, 0.6) is 0 Å². The monoisotopic (exact) mass is 600 g/mol. The van der Waals surface area contributed by atoms with Gasteiger partial charge in [0.15, 0.2) is 11.0 Å². The number of halogens is 3. The van der Waals surface area contributed by atoms with Gasteiger partial charge in [-0.25, -0.2) is 0 Å². The van der Waals surface area contributed by atoms with Gasteiger partial charge in [0.25, 0.3) is 11.8 Å². The lowest BCUT2D eigenvalue weighted by Gasteiger charge is -2.34. The van der Waals surface area contributed by atoms with Crippen molar-refractivity contribution in [2.75, 3.05) is 4.90 Å². The van der Waals surface area contributed by atoms with E-state index in [1.807, 2.05) is 24.3 Å². The molecule has 0 bridgehead atoms. The highest BCUT2D eigenvalue weighted by Gasteiger charge is 2.65. The zero-order chi connectivity index (χ0) is 28.5. The van der Waals surface area contributed by atoms with Gasteiger partial charge in [-0.1, -0.05) is 83.3 Å². The average Bonchev–Trinajstić information content (AvgIpc) is 3.36. The molecule has 202 valence electrons. The normalized spacial score (nSPS) is 17.5. The number of hydrogen-bond donors (Lipinski definition) is 0. The van der Waals surface area contributed by atoms with Gasteiger partial charge in [0.2, 0.25) is 5.76 Å². The van der Waals surface area contributed by atoms with Crippen LogP contribution in [-0.2, 0) is 23.4 Å². The number of hydrogen-bond acceptors (Lipinski definition) is 4. The van der Waals surface area contributed by atoms with Crippen molar-refractivity contribution < 1.29 is 14.0 Å². The molecule has 41 heavy (non-hydrogen) atoms. The summed E-state index contributed by atoms with van der Waals surface area (Å²) in [4.78, 5) is 46.4. The average molecular weight is 602 g/mol. The second-order valence-electron chi connectivity index (χ2n) is 10.0. The molecule has 1 unspecified atom stereocenters. The minimum Gasteiger partial charge on any atom is -0.450 e. The van der Waals surface area contributed by atoms with Crippen molar-refractivity contribution in [1.82, 2.24) is 4.90 Å². The van der Waals surface area contributed by atoms with Crippen LogP contribution in [-0.4, -0.2) is 16.7 Å². The third kappa shape index (κ3) is 3.75. The molecule has 9 heteroatoms. The van der Waals surface area contributed by atoms with E-state index in [-0.39, 0.29) is 35.4 Å². The summed E-state index contributed by atoms with van der Waals surface area (Å²) in [5, 5.41) is 1.52. The van der Waals surface area contributed by atoms with Crippen LogP contribution in [0.15, 0.2) is 100 Å². The van der Waals surface area contributed by atoms with Crippen molar-refractivity contribution in [1.29, 1.82) is 0 Å². The van der Waals surface area contributed by atoms with Crippen LogP contribution < -0.4 is 10.3 Å². The molecule has 0 N–H and O–H groups in total. The molecular weight excluding hydrogens is 583 g/mol. The van der Waals surface area contributed by atoms with E-state index >= 15 is 0 Å². The number of benzene rings is 4. The molecule has 7 rings (SSSR count). The molecule has 2 aliphatic rings. The number of carbonyl (C=O) groups is 2. The van der Waals surface area contributed by atoms with E-state index in [2.05, 4.69) is 0 Å². The number of nitrogens with zero attached hydrogens (tertiary/aromatic N) is 2. The van der Waals surface area contributed by atoms with E-state index in [4.69, 9.17) is 39.2 Å². The summed E-state index contributed by atoms with van der Waals surface area (Å²) in [6.45, 7) is 0.164. The molecular formula is C32H19Cl3N2O4. The van der Waals surface area contributed by atoms with Crippen molar-refractivity contribution >= 4 is 63.3 Å². The topological polar surface area (TPSA) is 70.8 Å². The van der Waals surface area contributed by atoms with Gasteiger partial charge in [-0.3, -0.25) is 14.4 Å². The van der Waals surface area contributed by atoms with E-state index in [0.29, 0.717) is 31.9 Å². The molecule has 0 radical (unpaired) electrons. The number of rotatable bonds is 4. The molecule has 5 aromatic rings. The van der Waals surface area contributed by atoms with E-state index in [1.54, 1.807) is 65.6 Å². The maximum atomic E-state index is 14.9. The van der Waals surface area contributed by atoms with E-state index in [9.17, 15) is 14.4 Å². The highest BCUT2D eigenvalue weighted by molar-refractivity contribution is 6.32. The predicted octanol–water partition coefficient (Wildman–Crippen LogP) is 7.20. The molecule has 0 saturated heterocycles. The summed E-state index contributed by atoms with van der Waals surface area (Å²) in [7, 11) is 0. The van der Waals surface area contributed by atoms with Gasteiger partial charge < -0.3 is 14.2 Å². The molecule has 0 fully saturated rings. The van der Waals surface area contributed by atoms with Gasteiger partial charge in [-0.2, -0.15) is 0 Å². The van der Waals surface area contributed by atoms with Gasteiger partial charge in [-0.15, -0.1) is 0 Å². The second kappa shape index (κ2) is 9.48. The molecule has 1 spiro atoms. The Morgan fingerprint density at radius 3 is 2.24 bits per heavy atom. The highest BCUT2D eigenvalue weighted by Crippen LogP contribution is 2.53. The fraction of sp³-hybridized carbons (Fsp3) is 0.0938. The summed E-state index contributed by atoms with van der Waals surface area (Å²) in [5.74, 6) is -1.19. The predicted molar refractivity (Wildman–Crippen MR) is 159 cm³/mol. The SMILES string of the molecule is O=C1c2oc3ccc(Cl)cc3c(=O)c2C2(C(=O)N(Cc3ccc(Cl)cc3)c3ccccc32)N1Cc1ccccc1Cl. The third-order valence-electron chi connectivity index (χ3n) is 7.74. The van der Waals surface area contributed by atoms with Crippen molar-refractivity contribution in [3.63, 3.8) is 0 Å². The molecule has 2 amide bonds. The standard InChI is InChI=1S/C32H19Cl3N2O4/c33-20-11-9-18(10-12-20)16-36-25-8-4-2-6-23(25)32(31(36)40)27-28(38)22-15-21(34)13-14-26(22)41-29(27)30(39)37(32)17-19-5-1-3-7-24(19)35/h1-15H,16-17H2. The van der Waals surface area contributed by atoms with Crippen LogP contribution in [0.4, 0.5) is 5.69 Å². The van der Waals surface area contributed by atoms with Crippen LogP contribution in [0.3, 0.4) is 0 Å². The zero-order valence-corrected chi connectivity index (χ0v) is 23.5. The summed E-state index contributed by atoms with van der Waals surface area (Å²) in [5.41, 5.74) is 0.444. The minimum absolute atomic E-state index is 0.0274. The number of fused-ring (bicyclic) bond motifs is 5. The summed E-state index contributed by atoms with van der Waals surface area (Å²) in [6, 6.07) is 26.1. The maximum absolute atomic E-state index is 14.9. The number of amides is 2. The first kappa shape index (κ1) is 25.8. The fourth-order valence-electron chi connectivity index (χ4n) is 5.91.